The van der Waals surface area contributed by atoms with E-state index in [1.165, 1.54) is 6.42 Å². The molecule has 4 heteroatoms. The third-order valence-electron chi connectivity index (χ3n) is 3.45. The van der Waals surface area contributed by atoms with Crippen LogP contribution in [0.4, 0.5) is 4.79 Å². The monoisotopic (exact) mass is 226 g/mol. The second-order valence-corrected chi connectivity index (χ2v) is 5.91. The van der Waals surface area contributed by atoms with Crippen molar-refractivity contribution in [1.82, 2.24) is 10.6 Å². The van der Waals surface area contributed by atoms with Crippen molar-refractivity contribution in [3.8, 4) is 0 Å². The minimum atomic E-state index is -0.405. The van der Waals surface area contributed by atoms with Crippen LogP contribution in [0.1, 0.15) is 33.6 Å². The number of rotatable bonds is 1. The zero-order valence-electron chi connectivity index (χ0n) is 10.4. The Bertz CT molecular complexity index is 273. The molecular formula is C12H22N2O2. The molecular weight excluding hydrogens is 204 g/mol. The number of ether oxygens (including phenoxy) is 1. The minimum absolute atomic E-state index is 0.276. The third-order valence-corrected chi connectivity index (χ3v) is 3.45. The average molecular weight is 226 g/mol. The van der Waals surface area contributed by atoms with E-state index in [4.69, 9.17) is 4.74 Å². The summed E-state index contributed by atoms with van der Waals surface area (Å²) in [6.45, 7) is 7.82. The van der Waals surface area contributed by atoms with Gasteiger partial charge in [0.05, 0.1) is 0 Å². The first-order valence-electron chi connectivity index (χ1n) is 6.16. The Hall–Kier alpha value is -0.770. The fourth-order valence-electron chi connectivity index (χ4n) is 2.63. The molecule has 0 aromatic heterocycles. The molecule has 3 atom stereocenters. The standard InChI is InChI=1S/C12H22N2O2/c1-12(2,3)16-11(15)14-10-6-8-4-5-13-7-9(8)10/h8-10,13H,4-7H2,1-3H3,(H,14,15)/t8-,9+,10-/m1/s1. The first kappa shape index (κ1) is 11.7. The Morgan fingerprint density at radius 2 is 2.19 bits per heavy atom. The van der Waals surface area contributed by atoms with Gasteiger partial charge in [-0.05, 0) is 52.0 Å². The zero-order valence-corrected chi connectivity index (χ0v) is 10.4. The fraction of sp³-hybridized carbons (Fsp3) is 0.917. The maximum atomic E-state index is 11.6. The van der Waals surface area contributed by atoms with Crippen LogP contribution < -0.4 is 10.6 Å². The van der Waals surface area contributed by atoms with Crippen molar-refractivity contribution in [2.75, 3.05) is 13.1 Å². The van der Waals surface area contributed by atoms with Gasteiger partial charge >= 0.3 is 6.09 Å². The van der Waals surface area contributed by atoms with Crippen molar-refractivity contribution in [2.24, 2.45) is 11.8 Å². The van der Waals surface area contributed by atoms with Crippen LogP contribution in [-0.2, 0) is 4.74 Å². The number of hydrogen-bond donors (Lipinski definition) is 2. The second-order valence-electron chi connectivity index (χ2n) is 5.91. The lowest BCUT2D eigenvalue weighted by Crippen LogP contribution is -2.59. The van der Waals surface area contributed by atoms with E-state index >= 15 is 0 Å². The molecule has 1 saturated heterocycles. The molecule has 92 valence electrons. The molecule has 2 N–H and O–H groups in total. The smallest absolute Gasteiger partial charge is 0.407 e. The van der Waals surface area contributed by atoms with Crippen LogP contribution in [0.5, 0.6) is 0 Å². The van der Waals surface area contributed by atoms with E-state index in [-0.39, 0.29) is 6.09 Å². The van der Waals surface area contributed by atoms with Crippen molar-refractivity contribution in [1.29, 1.82) is 0 Å². The first-order chi connectivity index (χ1) is 7.46. The number of piperidine rings is 1. The van der Waals surface area contributed by atoms with Crippen LogP contribution in [0.3, 0.4) is 0 Å². The number of nitrogens with one attached hydrogen (secondary N) is 2. The lowest BCUT2D eigenvalue weighted by Gasteiger charge is -2.48. The quantitative estimate of drug-likeness (QED) is 0.712. The van der Waals surface area contributed by atoms with Gasteiger partial charge in [-0.25, -0.2) is 4.79 Å². The molecule has 0 aromatic carbocycles. The van der Waals surface area contributed by atoms with E-state index in [0.29, 0.717) is 12.0 Å². The summed E-state index contributed by atoms with van der Waals surface area (Å²) in [7, 11) is 0. The Kier molecular flexibility index (Phi) is 3.10. The molecule has 1 heterocycles. The number of amides is 1. The highest BCUT2D eigenvalue weighted by Gasteiger charge is 2.43. The summed E-state index contributed by atoms with van der Waals surface area (Å²) in [5.74, 6) is 1.42. The summed E-state index contributed by atoms with van der Waals surface area (Å²) in [5, 5.41) is 6.35. The highest BCUT2D eigenvalue weighted by molar-refractivity contribution is 5.68. The Balaban J connectivity index is 1.76. The summed E-state index contributed by atoms with van der Waals surface area (Å²) in [4.78, 5) is 11.6. The topological polar surface area (TPSA) is 50.4 Å². The lowest BCUT2D eigenvalue weighted by molar-refractivity contribution is 0.0276. The van der Waals surface area contributed by atoms with E-state index in [9.17, 15) is 4.79 Å². The molecule has 2 aliphatic rings. The third kappa shape index (κ3) is 2.67. The summed E-state index contributed by atoms with van der Waals surface area (Å²) >= 11 is 0. The van der Waals surface area contributed by atoms with Crippen LogP contribution >= 0.6 is 0 Å². The Morgan fingerprint density at radius 1 is 1.44 bits per heavy atom. The normalized spacial score (nSPS) is 33.6. The van der Waals surface area contributed by atoms with Gasteiger partial charge in [0, 0.05) is 12.6 Å². The van der Waals surface area contributed by atoms with Crippen LogP contribution in [0.15, 0.2) is 0 Å². The van der Waals surface area contributed by atoms with Gasteiger partial charge in [-0.15, -0.1) is 0 Å². The van der Waals surface area contributed by atoms with Crippen molar-refractivity contribution >= 4 is 6.09 Å². The lowest BCUT2D eigenvalue weighted by atomic mass is 9.66. The van der Waals surface area contributed by atoms with Gasteiger partial charge < -0.3 is 15.4 Å². The molecule has 0 spiro atoms. The Morgan fingerprint density at radius 3 is 2.81 bits per heavy atom. The van der Waals surface area contributed by atoms with Gasteiger partial charge in [-0.1, -0.05) is 0 Å². The number of alkyl carbamates (subject to hydrolysis) is 1. The van der Waals surface area contributed by atoms with Crippen LogP contribution in [0.2, 0.25) is 0 Å². The highest BCUT2D eigenvalue weighted by Crippen LogP contribution is 2.38. The first-order valence-corrected chi connectivity index (χ1v) is 6.16. The van der Waals surface area contributed by atoms with Crippen molar-refractivity contribution in [3.63, 3.8) is 0 Å². The maximum absolute atomic E-state index is 11.6. The summed E-state index contributed by atoms with van der Waals surface area (Å²) < 4.78 is 5.25. The van der Waals surface area contributed by atoms with Gasteiger partial charge in [-0.3, -0.25) is 0 Å². The van der Waals surface area contributed by atoms with Gasteiger partial charge in [0.1, 0.15) is 5.60 Å². The predicted octanol–water partition coefficient (Wildman–Crippen LogP) is 1.51. The molecule has 0 unspecified atom stereocenters. The molecule has 16 heavy (non-hydrogen) atoms. The number of hydrogen-bond acceptors (Lipinski definition) is 3. The van der Waals surface area contributed by atoms with E-state index < -0.39 is 5.60 Å². The van der Waals surface area contributed by atoms with E-state index in [1.54, 1.807) is 0 Å². The molecule has 0 aromatic rings. The van der Waals surface area contributed by atoms with Crippen molar-refractivity contribution in [3.05, 3.63) is 0 Å². The minimum Gasteiger partial charge on any atom is -0.444 e. The fourth-order valence-corrected chi connectivity index (χ4v) is 2.63. The van der Waals surface area contributed by atoms with E-state index in [2.05, 4.69) is 10.6 Å². The van der Waals surface area contributed by atoms with Gasteiger partial charge in [0.15, 0.2) is 0 Å². The molecule has 0 bridgehead atoms. The molecule has 1 aliphatic carbocycles. The summed E-state index contributed by atoms with van der Waals surface area (Å²) in [6, 6.07) is 0.313. The molecule has 2 fully saturated rings. The molecule has 2 rings (SSSR count). The summed E-state index contributed by atoms with van der Waals surface area (Å²) in [5.41, 5.74) is -0.405. The van der Waals surface area contributed by atoms with Gasteiger partial charge in [-0.2, -0.15) is 0 Å². The van der Waals surface area contributed by atoms with Crippen molar-refractivity contribution in [2.45, 2.75) is 45.3 Å². The molecule has 1 saturated carbocycles. The number of carbonyl (C=O) groups is 1. The molecule has 1 aliphatic heterocycles. The maximum Gasteiger partial charge on any atom is 0.407 e. The number of fused-ring (bicyclic) bond motifs is 1. The highest BCUT2D eigenvalue weighted by atomic mass is 16.6. The second kappa shape index (κ2) is 4.24. The van der Waals surface area contributed by atoms with Crippen LogP contribution in [-0.4, -0.2) is 30.8 Å². The SMILES string of the molecule is CC(C)(C)OC(=O)N[C@@H]1C[C@H]2CCNC[C@@H]21. The zero-order chi connectivity index (χ0) is 11.8. The average Bonchev–Trinajstić information content (AvgIpc) is 2.11. The number of carbonyl (C=O) groups excluding carboxylic acids is 1. The van der Waals surface area contributed by atoms with E-state index in [1.807, 2.05) is 20.8 Å². The largest absolute Gasteiger partial charge is 0.444 e. The van der Waals surface area contributed by atoms with E-state index in [0.717, 1.165) is 25.4 Å². The van der Waals surface area contributed by atoms with Crippen molar-refractivity contribution < 1.29 is 9.53 Å². The molecule has 4 nitrogen and oxygen atoms in total. The van der Waals surface area contributed by atoms with Crippen LogP contribution in [0, 0.1) is 11.8 Å². The van der Waals surface area contributed by atoms with Gasteiger partial charge in [0.25, 0.3) is 0 Å². The Labute approximate surface area is 97.1 Å². The van der Waals surface area contributed by atoms with Crippen LogP contribution in [0.25, 0.3) is 0 Å². The van der Waals surface area contributed by atoms with Gasteiger partial charge in [0.2, 0.25) is 0 Å². The summed E-state index contributed by atoms with van der Waals surface area (Å²) in [6.07, 6.45) is 2.09. The molecule has 0 radical (unpaired) electrons. The predicted molar refractivity (Wildman–Crippen MR) is 62.2 cm³/mol. The molecule has 1 amide bonds.